The zero-order chi connectivity index (χ0) is 17.1. The predicted octanol–water partition coefficient (Wildman–Crippen LogP) is 2.90. The first-order valence-corrected chi connectivity index (χ1v) is 7.72. The Morgan fingerprint density at radius 3 is 2.79 bits per heavy atom. The number of carbonyl (C=O) groups excluding carboxylic acids is 1. The quantitative estimate of drug-likeness (QED) is 0.802. The Morgan fingerprint density at radius 2 is 2.04 bits per heavy atom. The van der Waals surface area contributed by atoms with Crippen molar-refractivity contribution in [2.75, 3.05) is 14.2 Å². The van der Waals surface area contributed by atoms with E-state index in [4.69, 9.17) is 9.72 Å². The molecule has 0 bridgehead atoms. The standard InChI is InChI=1S/C19H19N3O2/c1-12-8-16(14-6-7-21-19(11-14)24-3)22-17-9-13(4-5-15(12)17)10-18(23)20-2/h4-9,11H,10H2,1-3H3,(H,20,23). The average Bonchev–Trinajstić information content (AvgIpc) is 2.61. The second-order valence-electron chi connectivity index (χ2n) is 5.61. The summed E-state index contributed by atoms with van der Waals surface area (Å²) in [5.74, 6) is 0.543. The van der Waals surface area contributed by atoms with Crippen LogP contribution in [0.2, 0.25) is 0 Å². The molecule has 122 valence electrons. The summed E-state index contributed by atoms with van der Waals surface area (Å²) in [5.41, 5.74) is 4.76. The first kappa shape index (κ1) is 15.9. The minimum Gasteiger partial charge on any atom is -0.481 e. The molecule has 0 aliphatic carbocycles. The van der Waals surface area contributed by atoms with Gasteiger partial charge in [0, 0.05) is 30.3 Å². The molecule has 24 heavy (non-hydrogen) atoms. The van der Waals surface area contributed by atoms with E-state index in [1.54, 1.807) is 20.4 Å². The number of aromatic nitrogens is 2. The molecule has 0 saturated carbocycles. The molecule has 5 nitrogen and oxygen atoms in total. The number of ether oxygens (including phenoxy) is 1. The van der Waals surface area contributed by atoms with Gasteiger partial charge in [-0.2, -0.15) is 0 Å². The van der Waals surface area contributed by atoms with Crippen molar-refractivity contribution >= 4 is 16.8 Å². The van der Waals surface area contributed by atoms with Crippen LogP contribution in [0.1, 0.15) is 11.1 Å². The van der Waals surface area contributed by atoms with E-state index in [9.17, 15) is 4.79 Å². The van der Waals surface area contributed by atoms with E-state index in [2.05, 4.69) is 23.3 Å². The maximum atomic E-state index is 11.6. The normalized spacial score (nSPS) is 10.6. The minimum atomic E-state index is -0.0129. The van der Waals surface area contributed by atoms with Crippen LogP contribution in [0.3, 0.4) is 0 Å². The SMILES string of the molecule is CNC(=O)Cc1ccc2c(C)cc(-c3ccnc(OC)c3)nc2c1. The van der Waals surface area contributed by atoms with Crippen molar-refractivity contribution in [3.05, 3.63) is 53.7 Å². The summed E-state index contributed by atoms with van der Waals surface area (Å²) in [5, 5.41) is 3.73. The minimum absolute atomic E-state index is 0.0129. The summed E-state index contributed by atoms with van der Waals surface area (Å²) in [4.78, 5) is 20.5. The van der Waals surface area contributed by atoms with Crippen LogP contribution in [0.15, 0.2) is 42.6 Å². The van der Waals surface area contributed by atoms with Crippen molar-refractivity contribution in [2.24, 2.45) is 0 Å². The number of hydrogen-bond donors (Lipinski definition) is 1. The molecule has 1 amide bonds. The number of aryl methyl sites for hydroxylation is 1. The maximum absolute atomic E-state index is 11.6. The summed E-state index contributed by atoms with van der Waals surface area (Å²) < 4.78 is 5.19. The lowest BCUT2D eigenvalue weighted by Crippen LogP contribution is -2.19. The van der Waals surface area contributed by atoms with Crippen molar-refractivity contribution in [3.8, 4) is 17.1 Å². The fraction of sp³-hybridized carbons (Fsp3) is 0.211. The Balaban J connectivity index is 2.08. The van der Waals surface area contributed by atoms with Gasteiger partial charge in [0.2, 0.25) is 11.8 Å². The van der Waals surface area contributed by atoms with E-state index < -0.39 is 0 Å². The molecule has 2 aromatic heterocycles. The van der Waals surface area contributed by atoms with Crippen LogP contribution < -0.4 is 10.1 Å². The van der Waals surface area contributed by atoms with E-state index in [0.717, 1.165) is 33.3 Å². The number of rotatable bonds is 4. The zero-order valence-corrected chi connectivity index (χ0v) is 14.0. The third-order valence-electron chi connectivity index (χ3n) is 3.96. The number of benzene rings is 1. The van der Waals surface area contributed by atoms with Crippen LogP contribution in [-0.4, -0.2) is 30.0 Å². The second-order valence-corrected chi connectivity index (χ2v) is 5.61. The van der Waals surface area contributed by atoms with Gasteiger partial charge >= 0.3 is 0 Å². The smallest absolute Gasteiger partial charge is 0.224 e. The summed E-state index contributed by atoms with van der Waals surface area (Å²) >= 11 is 0. The fourth-order valence-corrected chi connectivity index (χ4v) is 2.66. The van der Waals surface area contributed by atoms with Crippen molar-refractivity contribution in [3.63, 3.8) is 0 Å². The number of nitrogens with one attached hydrogen (secondary N) is 1. The Morgan fingerprint density at radius 1 is 1.21 bits per heavy atom. The monoisotopic (exact) mass is 321 g/mol. The largest absolute Gasteiger partial charge is 0.481 e. The van der Waals surface area contributed by atoms with Crippen molar-refractivity contribution in [1.82, 2.24) is 15.3 Å². The van der Waals surface area contributed by atoms with Gasteiger partial charge < -0.3 is 10.1 Å². The Hall–Kier alpha value is -2.95. The van der Waals surface area contributed by atoms with E-state index in [1.807, 2.05) is 30.3 Å². The molecule has 5 heteroatoms. The van der Waals surface area contributed by atoms with E-state index in [1.165, 1.54) is 0 Å². The third kappa shape index (κ3) is 3.20. The van der Waals surface area contributed by atoms with Crippen LogP contribution in [0, 0.1) is 6.92 Å². The number of nitrogens with zero attached hydrogens (tertiary/aromatic N) is 2. The molecule has 3 rings (SSSR count). The number of methoxy groups -OCH3 is 1. The van der Waals surface area contributed by atoms with Crippen LogP contribution >= 0.6 is 0 Å². The van der Waals surface area contributed by atoms with Crippen molar-refractivity contribution < 1.29 is 9.53 Å². The first-order chi connectivity index (χ1) is 11.6. The predicted molar refractivity (Wildman–Crippen MR) is 94.0 cm³/mol. The molecule has 3 aromatic rings. The molecule has 0 saturated heterocycles. The molecule has 0 fully saturated rings. The highest BCUT2D eigenvalue weighted by molar-refractivity contribution is 5.87. The highest BCUT2D eigenvalue weighted by Crippen LogP contribution is 2.26. The molecular formula is C19H19N3O2. The van der Waals surface area contributed by atoms with E-state index in [-0.39, 0.29) is 5.91 Å². The van der Waals surface area contributed by atoms with Crippen molar-refractivity contribution in [1.29, 1.82) is 0 Å². The zero-order valence-electron chi connectivity index (χ0n) is 14.0. The topological polar surface area (TPSA) is 64.1 Å². The second kappa shape index (κ2) is 6.66. The lowest BCUT2D eigenvalue weighted by molar-refractivity contribution is -0.119. The van der Waals surface area contributed by atoms with Gasteiger partial charge in [-0.25, -0.2) is 9.97 Å². The number of likely N-dealkylation sites (N-methyl/N-ethyl adjacent to an activating group) is 1. The van der Waals surface area contributed by atoms with E-state index in [0.29, 0.717) is 12.3 Å². The van der Waals surface area contributed by atoms with Gasteiger partial charge in [0.1, 0.15) is 0 Å². The maximum Gasteiger partial charge on any atom is 0.224 e. The summed E-state index contributed by atoms with van der Waals surface area (Å²) in [6.07, 6.45) is 2.05. The van der Waals surface area contributed by atoms with Crippen LogP contribution in [0.5, 0.6) is 5.88 Å². The van der Waals surface area contributed by atoms with Gasteiger partial charge in [-0.1, -0.05) is 12.1 Å². The Kier molecular flexibility index (Phi) is 4.42. The number of pyridine rings is 2. The molecule has 0 aliphatic heterocycles. The molecule has 0 aliphatic rings. The van der Waals surface area contributed by atoms with Gasteiger partial charge in [0.05, 0.1) is 24.7 Å². The Labute approximate surface area is 140 Å². The fourth-order valence-electron chi connectivity index (χ4n) is 2.66. The highest BCUT2D eigenvalue weighted by Gasteiger charge is 2.08. The molecule has 1 N–H and O–H groups in total. The number of hydrogen-bond acceptors (Lipinski definition) is 4. The van der Waals surface area contributed by atoms with Gasteiger partial charge in [-0.05, 0) is 36.2 Å². The van der Waals surface area contributed by atoms with Crippen LogP contribution in [0.4, 0.5) is 0 Å². The highest BCUT2D eigenvalue weighted by atomic mass is 16.5. The molecule has 0 unspecified atom stereocenters. The van der Waals surface area contributed by atoms with Crippen LogP contribution in [-0.2, 0) is 11.2 Å². The van der Waals surface area contributed by atoms with Gasteiger partial charge in [0.25, 0.3) is 0 Å². The first-order valence-electron chi connectivity index (χ1n) is 7.72. The molecule has 0 radical (unpaired) electrons. The lowest BCUT2D eigenvalue weighted by Gasteiger charge is -2.09. The number of amides is 1. The number of carbonyl (C=O) groups is 1. The third-order valence-corrected chi connectivity index (χ3v) is 3.96. The Bertz CT molecular complexity index is 906. The van der Waals surface area contributed by atoms with Crippen LogP contribution in [0.25, 0.3) is 22.2 Å². The lowest BCUT2D eigenvalue weighted by atomic mass is 10.0. The molecular weight excluding hydrogens is 302 g/mol. The molecule has 0 atom stereocenters. The van der Waals surface area contributed by atoms with Crippen molar-refractivity contribution in [2.45, 2.75) is 13.3 Å². The summed E-state index contributed by atoms with van der Waals surface area (Å²) in [6, 6.07) is 11.8. The van der Waals surface area contributed by atoms with Gasteiger partial charge in [-0.15, -0.1) is 0 Å². The molecule has 0 spiro atoms. The van der Waals surface area contributed by atoms with Gasteiger partial charge in [0.15, 0.2) is 0 Å². The molecule has 2 heterocycles. The molecule has 1 aromatic carbocycles. The van der Waals surface area contributed by atoms with Gasteiger partial charge in [-0.3, -0.25) is 4.79 Å². The average molecular weight is 321 g/mol. The van der Waals surface area contributed by atoms with E-state index >= 15 is 0 Å². The summed E-state index contributed by atoms with van der Waals surface area (Å²) in [6.45, 7) is 2.06. The summed E-state index contributed by atoms with van der Waals surface area (Å²) in [7, 11) is 3.23. The number of fused-ring (bicyclic) bond motifs is 1.